The molecule has 0 aliphatic carbocycles. The summed E-state index contributed by atoms with van der Waals surface area (Å²) in [6.07, 6.45) is 0. The van der Waals surface area contributed by atoms with Crippen molar-refractivity contribution in [1.29, 1.82) is 0 Å². The number of carbonyl (C=O) groups excluding carboxylic acids is 1. The van der Waals surface area contributed by atoms with Crippen LogP contribution in [0.4, 0.5) is 5.69 Å². The summed E-state index contributed by atoms with van der Waals surface area (Å²) in [5.41, 5.74) is 2.01. The number of halogens is 1. The van der Waals surface area contributed by atoms with E-state index in [1.807, 2.05) is 44.0 Å². The molecule has 1 amide bonds. The fraction of sp³-hybridized carbons (Fsp3) is 0.500. The monoisotopic (exact) mass is 326 g/mol. The third-order valence-corrected chi connectivity index (χ3v) is 4.22. The summed E-state index contributed by atoms with van der Waals surface area (Å²) < 4.78 is 0.911. The van der Waals surface area contributed by atoms with Crippen molar-refractivity contribution < 1.29 is 9.90 Å². The van der Waals surface area contributed by atoms with Gasteiger partial charge in [0.1, 0.15) is 6.04 Å². The van der Waals surface area contributed by atoms with Crippen molar-refractivity contribution in [3.63, 3.8) is 0 Å². The van der Waals surface area contributed by atoms with Crippen molar-refractivity contribution >= 4 is 27.5 Å². The molecule has 2 unspecified atom stereocenters. The number of benzene rings is 1. The van der Waals surface area contributed by atoms with Gasteiger partial charge < -0.3 is 10.0 Å². The number of hydrogen-bond acceptors (Lipinski definition) is 3. The first-order valence-corrected chi connectivity index (χ1v) is 7.15. The zero-order valence-corrected chi connectivity index (χ0v) is 13.0. The van der Waals surface area contributed by atoms with Gasteiger partial charge in [-0.3, -0.25) is 9.69 Å². The second kappa shape index (κ2) is 5.61. The molecule has 1 saturated heterocycles. The van der Waals surface area contributed by atoms with Crippen LogP contribution in [0.3, 0.4) is 0 Å². The third-order valence-electron chi connectivity index (χ3n) is 3.58. The Morgan fingerprint density at radius 1 is 1.47 bits per heavy atom. The number of nitrogens with zero attached hydrogens (tertiary/aromatic N) is 2. The molecule has 19 heavy (non-hydrogen) atoms. The maximum Gasteiger partial charge on any atom is 0.247 e. The van der Waals surface area contributed by atoms with Crippen molar-refractivity contribution in [3.05, 3.63) is 28.2 Å². The fourth-order valence-corrected chi connectivity index (χ4v) is 3.26. The lowest BCUT2D eigenvalue weighted by molar-refractivity contribution is -0.127. The zero-order valence-electron chi connectivity index (χ0n) is 11.4. The normalized spacial score (nSPS) is 24.9. The van der Waals surface area contributed by atoms with Crippen LogP contribution in [-0.4, -0.2) is 48.2 Å². The van der Waals surface area contributed by atoms with E-state index in [2.05, 4.69) is 15.9 Å². The second-order valence-corrected chi connectivity index (χ2v) is 6.00. The molecule has 0 spiro atoms. The summed E-state index contributed by atoms with van der Waals surface area (Å²) in [6, 6.07) is 5.57. The summed E-state index contributed by atoms with van der Waals surface area (Å²) in [4.78, 5) is 16.2. The standard InChI is InChI=1S/C14H19BrN2O2/c1-9-4-5-12(11(15)6-9)17-10(2)7-16(3)13(8-18)14(17)19/h4-6,10,13,18H,7-8H2,1-3H3. The molecule has 0 radical (unpaired) electrons. The molecule has 2 atom stereocenters. The van der Waals surface area contributed by atoms with Crippen LogP contribution >= 0.6 is 15.9 Å². The molecular weight excluding hydrogens is 308 g/mol. The van der Waals surface area contributed by atoms with Crippen LogP contribution in [0.2, 0.25) is 0 Å². The highest BCUT2D eigenvalue weighted by Gasteiger charge is 2.37. The number of piperazine rings is 1. The Bertz CT molecular complexity index is 492. The van der Waals surface area contributed by atoms with E-state index in [1.54, 1.807) is 4.90 Å². The lowest BCUT2D eigenvalue weighted by Crippen LogP contribution is -2.61. The van der Waals surface area contributed by atoms with Crippen LogP contribution < -0.4 is 4.90 Å². The molecule has 1 aliphatic heterocycles. The van der Waals surface area contributed by atoms with Gasteiger partial charge in [-0.15, -0.1) is 0 Å². The maximum atomic E-state index is 12.5. The number of likely N-dealkylation sites (N-methyl/N-ethyl adjacent to an activating group) is 1. The maximum absolute atomic E-state index is 12.5. The van der Waals surface area contributed by atoms with Crippen LogP contribution in [0.1, 0.15) is 12.5 Å². The average Bonchev–Trinajstić information content (AvgIpc) is 2.31. The number of anilines is 1. The number of rotatable bonds is 2. The second-order valence-electron chi connectivity index (χ2n) is 5.15. The Kier molecular flexibility index (Phi) is 4.28. The largest absolute Gasteiger partial charge is 0.394 e. The van der Waals surface area contributed by atoms with Crippen LogP contribution in [0.15, 0.2) is 22.7 Å². The third kappa shape index (κ3) is 2.68. The molecule has 1 heterocycles. The Labute approximate surface area is 122 Å². The minimum Gasteiger partial charge on any atom is -0.394 e. The summed E-state index contributed by atoms with van der Waals surface area (Å²) in [5.74, 6) is -0.0479. The lowest BCUT2D eigenvalue weighted by atomic mass is 10.1. The van der Waals surface area contributed by atoms with Gasteiger partial charge in [0.05, 0.1) is 12.3 Å². The molecule has 2 rings (SSSR count). The topological polar surface area (TPSA) is 43.8 Å². The number of aryl methyl sites for hydroxylation is 1. The average molecular weight is 327 g/mol. The van der Waals surface area contributed by atoms with Gasteiger partial charge >= 0.3 is 0 Å². The highest BCUT2D eigenvalue weighted by molar-refractivity contribution is 9.10. The molecule has 0 aromatic heterocycles. The van der Waals surface area contributed by atoms with E-state index in [0.717, 1.165) is 22.3 Å². The van der Waals surface area contributed by atoms with E-state index in [9.17, 15) is 9.90 Å². The Morgan fingerprint density at radius 2 is 2.16 bits per heavy atom. The van der Waals surface area contributed by atoms with Crippen molar-refractivity contribution in [2.24, 2.45) is 0 Å². The van der Waals surface area contributed by atoms with E-state index < -0.39 is 6.04 Å². The van der Waals surface area contributed by atoms with Crippen molar-refractivity contribution in [3.8, 4) is 0 Å². The number of hydrogen-bond donors (Lipinski definition) is 1. The predicted molar refractivity (Wildman–Crippen MR) is 79.3 cm³/mol. The molecule has 1 aromatic carbocycles. The lowest BCUT2D eigenvalue weighted by Gasteiger charge is -2.42. The molecule has 1 aromatic rings. The Hall–Kier alpha value is -0.910. The fourth-order valence-electron chi connectivity index (χ4n) is 2.57. The SMILES string of the molecule is Cc1ccc(N2C(=O)C(CO)N(C)CC2C)c(Br)c1. The molecule has 1 aliphatic rings. The van der Waals surface area contributed by atoms with Crippen LogP contribution in [0, 0.1) is 6.92 Å². The van der Waals surface area contributed by atoms with Gasteiger partial charge in [-0.1, -0.05) is 6.07 Å². The van der Waals surface area contributed by atoms with E-state index in [4.69, 9.17) is 0 Å². The van der Waals surface area contributed by atoms with E-state index in [-0.39, 0.29) is 18.6 Å². The number of aliphatic hydroxyl groups is 1. The van der Waals surface area contributed by atoms with Crippen molar-refractivity contribution in [2.45, 2.75) is 25.9 Å². The Morgan fingerprint density at radius 3 is 2.74 bits per heavy atom. The summed E-state index contributed by atoms with van der Waals surface area (Å²) >= 11 is 3.52. The van der Waals surface area contributed by atoms with Gasteiger partial charge in [0.25, 0.3) is 0 Å². The van der Waals surface area contributed by atoms with E-state index in [1.165, 1.54) is 0 Å². The predicted octanol–water partition coefficient (Wildman–Crippen LogP) is 1.79. The van der Waals surface area contributed by atoms with Crippen LogP contribution in [-0.2, 0) is 4.79 Å². The van der Waals surface area contributed by atoms with Gasteiger partial charge in [0.2, 0.25) is 5.91 Å². The smallest absolute Gasteiger partial charge is 0.247 e. The van der Waals surface area contributed by atoms with Crippen LogP contribution in [0.25, 0.3) is 0 Å². The number of aliphatic hydroxyl groups excluding tert-OH is 1. The van der Waals surface area contributed by atoms with Gasteiger partial charge in [-0.2, -0.15) is 0 Å². The first-order chi connectivity index (χ1) is 8.95. The van der Waals surface area contributed by atoms with Gasteiger partial charge in [-0.25, -0.2) is 0 Å². The molecule has 4 nitrogen and oxygen atoms in total. The highest BCUT2D eigenvalue weighted by Crippen LogP contribution is 2.31. The number of carbonyl (C=O) groups is 1. The van der Waals surface area contributed by atoms with Crippen molar-refractivity contribution in [2.75, 3.05) is 25.1 Å². The molecule has 104 valence electrons. The quantitative estimate of drug-likeness (QED) is 0.901. The van der Waals surface area contributed by atoms with Gasteiger partial charge in [-0.05, 0) is 54.5 Å². The minimum atomic E-state index is -0.454. The zero-order chi connectivity index (χ0) is 14.2. The van der Waals surface area contributed by atoms with Gasteiger partial charge in [0.15, 0.2) is 0 Å². The molecular formula is C14H19BrN2O2. The molecule has 0 saturated carbocycles. The first kappa shape index (κ1) is 14.5. The molecule has 5 heteroatoms. The minimum absolute atomic E-state index is 0.0479. The van der Waals surface area contributed by atoms with E-state index >= 15 is 0 Å². The van der Waals surface area contributed by atoms with Gasteiger partial charge in [0, 0.05) is 17.1 Å². The summed E-state index contributed by atoms with van der Waals surface area (Å²) in [5, 5.41) is 9.40. The Balaban J connectivity index is 2.39. The molecule has 0 bridgehead atoms. The van der Waals surface area contributed by atoms with Crippen LogP contribution in [0.5, 0.6) is 0 Å². The molecule has 1 fully saturated rings. The molecule has 1 N–H and O–H groups in total. The van der Waals surface area contributed by atoms with Crippen molar-refractivity contribution in [1.82, 2.24) is 4.90 Å². The summed E-state index contributed by atoms with van der Waals surface area (Å²) in [6.45, 7) is 4.63. The van der Waals surface area contributed by atoms with E-state index in [0.29, 0.717) is 0 Å². The number of amides is 1. The highest BCUT2D eigenvalue weighted by atomic mass is 79.9. The first-order valence-electron chi connectivity index (χ1n) is 6.36. The summed E-state index contributed by atoms with van der Waals surface area (Å²) in [7, 11) is 1.87.